The Balaban J connectivity index is 1.35. The first-order valence-corrected chi connectivity index (χ1v) is 13.1. The van der Waals surface area contributed by atoms with E-state index in [4.69, 9.17) is 0 Å². The van der Waals surface area contributed by atoms with Gasteiger partial charge in [-0.2, -0.15) is 0 Å². The van der Waals surface area contributed by atoms with E-state index < -0.39 is 4.92 Å². The molecule has 0 radical (unpaired) electrons. The number of anilines is 1. The number of thiazole rings is 1. The molecule has 0 aliphatic rings. The summed E-state index contributed by atoms with van der Waals surface area (Å²) in [4.78, 5) is 40.0. The van der Waals surface area contributed by atoms with E-state index in [-0.39, 0.29) is 29.3 Å². The molecular formula is C24H23N7O4S2. The van der Waals surface area contributed by atoms with Gasteiger partial charge in [0.2, 0.25) is 5.91 Å². The monoisotopic (exact) mass is 537 g/mol. The highest BCUT2D eigenvalue weighted by atomic mass is 32.2. The summed E-state index contributed by atoms with van der Waals surface area (Å²) in [5.41, 5.74) is 1.66. The molecule has 0 saturated carbocycles. The number of carbonyl (C=O) groups excluding carboxylic acids is 2. The Kier molecular flexibility index (Phi) is 8.25. The Labute approximate surface area is 220 Å². The molecule has 2 aromatic carbocycles. The molecule has 2 aromatic heterocycles. The van der Waals surface area contributed by atoms with Crippen LogP contribution in [0.2, 0.25) is 0 Å². The molecule has 0 bridgehead atoms. The van der Waals surface area contributed by atoms with Crippen molar-refractivity contribution in [3.8, 4) is 11.3 Å². The van der Waals surface area contributed by atoms with Crippen molar-refractivity contribution < 1.29 is 14.5 Å². The number of rotatable bonds is 10. The maximum atomic E-state index is 12.5. The van der Waals surface area contributed by atoms with Gasteiger partial charge in [-0.1, -0.05) is 42.1 Å². The minimum absolute atomic E-state index is 0.0270. The van der Waals surface area contributed by atoms with Crippen LogP contribution in [-0.2, 0) is 11.3 Å². The normalized spacial score (nSPS) is 11.6. The smallest absolute Gasteiger partial charge is 0.270 e. The van der Waals surface area contributed by atoms with Crippen LogP contribution in [0.5, 0.6) is 0 Å². The van der Waals surface area contributed by atoms with Gasteiger partial charge < -0.3 is 15.2 Å². The van der Waals surface area contributed by atoms with Crippen LogP contribution in [0.15, 0.2) is 65.1 Å². The number of amides is 2. The third-order valence-corrected chi connectivity index (χ3v) is 6.99. The molecule has 190 valence electrons. The fourth-order valence-corrected chi connectivity index (χ4v) is 5.03. The molecule has 2 amide bonds. The first-order chi connectivity index (χ1) is 17.9. The maximum absolute atomic E-state index is 12.5. The van der Waals surface area contributed by atoms with Gasteiger partial charge >= 0.3 is 0 Å². The van der Waals surface area contributed by atoms with Crippen LogP contribution in [-0.4, -0.2) is 42.2 Å². The van der Waals surface area contributed by atoms with E-state index in [9.17, 15) is 19.7 Å². The van der Waals surface area contributed by atoms with E-state index in [0.717, 1.165) is 0 Å². The van der Waals surface area contributed by atoms with Crippen LogP contribution in [0.3, 0.4) is 0 Å². The number of carbonyl (C=O) groups is 2. The summed E-state index contributed by atoms with van der Waals surface area (Å²) >= 11 is 2.46. The van der Waals surface area contributed by atoms with Gasteiger partial charge in [-0.15, -0.1) is 21.5 Å². The van der Waals surface area contributed by atoms with E-state index in [1.807, 2.05) is 24.5 Å². The Morgan fingerprint density at radius 3 is 2.68 bits per heavy atom. The summed E-state index contributed by atoms with van der Waals surface area (Å²) < 4.78 is 1.86. The van der Waals surface area contributed by atoms with Crippen molar-refractivity contribution in [1.29, 1.82) is 0 Å². The summed E-state index contributed by atoms with van der Waals surface area (Å²) in [5.74, 6) is 0.188. The molecule has 37 heavy (non-hydrogen) atoms. The van der Waals surface area contributed by atoms with E-state index >= 15 is 0 Å². The fraction of sp³-hybridized carbons (Fsp3) is 0.208. The van der Waals surface area contributed by atoms with Gasteiger partial charge in [-0.05, 0) is 26.0 Å². The molecule has 13 heteroatoms. The van der Waals surface area contributed by atoms with Gasteiger partial charge in [0, 0.05) is 35.2 Å². The van der Waals surface area contributed by atoms with Gasteiger partial charge in [0.05, 0.1) is 22.4 Å². The van der Waals surface area contributed by atoms with Crippen molar-refractivity contribution in [2.24, 2.45) is 0 Å². The molecule has 0 aliphatic heterocycles. The zero-order chi connectivity index (χ0) is 26.4. The quantitative estimate of drug-likeness (QED) is 0.170. The molecule has 1 atom stereocenters. The molecule has 2 heterocycles. The van der Waals surface area contributed by atoms with Crippen LogP contribution >= 0.6 is 23.1 Å². The van der Waals surface area contributed by atoms with Crippen LogP contribution in [0.1, 0.15) is 36.1 Å². The van der Waals surface area contributed by atoms with Crippen molar-refractivity contribution in [1.82, 2.24) is 25.1 Å². The van der Waals surface area contributed by atoms with Crippen LogP contribution in [0.25, 0.3) is 11.3 Å². The highest BCUT2D eigenvalue weighted by molar-refractivity contribution is 7.99. The van der Waals surface area contributed by atoms with Gasteiger partial charge in [0.25, 0.3) is 11.6 Å². The number of hydrogen-bond donors (Lipinski definition) is 2. The van der Waals surface area contributed by atoms with Crippen molar-refractivity contribution in [2.75, 3.05) is 11.1 Å². The number of thioether (sulfide) groups is 1. The van der Waals surface area contributed by atoms with Crippen LogP contribution in [0, 0.1) is 10.1 Å². The van der Waals surface area contributed by atoms with Gasteiger partial charge in [0.15, 0.2) is 16.1 Å². The number of non-ortho nitro benzene ring substituents is 1. The van der Waals surface area contributed by atoms with Gasteiger partial charge in [0.1, 0.15) is 0 Å². The second kappa shape index (κ2) is 11.8. The molecule has 11 nitrogen and oxygen atoms in total. The molecular weight excluding hydrogens is 514 g/mol. The lowest BCUT2D eigenvalue weighted by atomic mass is 10.1. The Bertz CT molecular complexity index is 1420. The highest BCUT2D eigenvalue weighted by Crippen LogP contribution is 2.28. The highest BCUT2D eigenvalue weighted by Gasteiger charge is 2.20. The van der Waals surface area contributed by atoms with E-state index in [0.29, 0.717) is 39.5 Å². The number of aromatic nitrogens is 4. The molecule has 4 aromatic rings. The minimum Gasteiger partial charge on any atom is -0.342 e. The summed E-state index contributed by atoms with van der Waals surface area (Å²) in [6.07, 6.45) is 0. The Morgan fingerprint density at radius 1 is 1.16 bits per heavy atom. The first kappa shape index (κ1) is 26.0. The molecule has 1 unspecified atom stereocenters. The standard InChI is InChI=1S/C24H23N7O4S2/c1-3-30-21(15(2)25-22(33)16-8-5-4-6-9-16)28-29-24(30)37-14-20(32)27-23-26-19(13-36-23)17-10-7-11-18(12-17)31(34)35/h4-13,15H,3,14H2,1-2H3,(H,25,33)(H,26,27,32). The number of nitrogens with one attached hydrogen (secondary N) is 2. The van der Waals surface area contributed by atoms with Gasteiger partial charge in [-0.25, -0.2) is 4.98 Å². The molecule has 0 aliphatic carbocycles. The van der Waals surface area contributed by atoms with E-state index in [1.54, 1.807) is 41.8 Å². The zero-order valence-corrected chi connectivity index (χ0v) is 21.6. The minimum atomic E-state index is -0.464. The topological polar surface area (TPSA) is 145 Å². The first-order valence-electron chi connectivity index (χ1n) is 11.3. The summed E-state index contributed by atoms with van der Waals surface area (Å²) in [6, 6.07) is 14.7. The van der Waals surface area contributed by atoms with Crippen molar-refractivity contribution in [3.05, 3.63) is 81.5 Å². The third kappa shape index (κ3) is 6.37. The van der Waals surface area contributed by atoms with Crippen LogP contribution < -0.4 is 10.6 Å². The average Bonchev–Trinajstić information content (AvgIpc) is 3.55. The fourth-order valence-electron chi connectivity index (χ4n) is 3.49. The van der Waals surface area contributed by atoms with Crippen molar-refractivity contribution >= 4 is 45.7 Å². The number of nitrogens with zero attached hydrogens (tertiary/aromatic N) is 5. The molecule has 4 rings (SSSR count). The lowest BCUT2D eigenvalue weighted by Gasteiger charge is -2.15. The maximum Gasteiger partial charge on any atom is 0.270 e. The number of benzene rings is 2. The number of nitro benzene ring substituents is 1. The second-order valence-corrected chi connectivity index (χ2v) is 9.63. The summed E-state index contributed by atoms with van der Waals surface area (Å²) in [6.45, 7) is 4.34. The van der Waals surface area contributed by atoms with E-state index in [1.165, 1.54) is 35.2 Å². The van der Waals surface area contributed by atoms with Crippen LogP contribution in [0.4, 0.5) is 10.8 Å². The Morgan fingerprint density at radius 2 is 1.95 bits per heavy atom. The lowest BCUT2D eigenvalue weighted by Crippen LogP contribution is -2.28. The SMILES string of the molecule is CCn1c(SCC(=O)Nc2nc(-c3cccc([N+](=O)[O-])c3)cs2)nnc1C(C)NC(=O)c1ccccc1. The van der Waals surface area contributed by atoms with Crippen molar-refractivity contribution in [3.63, 3.8) is 0 Å². The third-order valence-electron chi connectivity index (χ3n) is 5.27. The van der Waals surface area contributed by atoms with E-state index in [2.05, 4.69) is 25.8 Å². The predicted octanol–water partition coefficient (Wildman–Crippen LogP) is 4.55. The zero-order valence-electron chi connectivity index (χ0n) is 20.0. The molecule has 0 spiro atoms. The lowest BCUT2D eigenvalue weighted by molar-refractivity contribution is -0.384. The largest absolute Gasteiger partial charge is 0.342 e. The van der Waals surface area contributed by atoms with Gasteiger partial charge in [-0.3, -0.25) is 19.7 Å². The molecule has 0 fully saturated rings. The molecule has 0 saturated heterocycles. The van der Waals surface area contributed by atoms with Crippen molar-refractivity contribution in [2.45, 2.75) is 31.6 Å². The Hall–Kier alpha value is -4.10. The number of nitro groups is 1. The summed E-state index contributed by atoms with van der Waals surface area (Å²) in [5, 5.41) is 27.8. The molecule has 2 N–H and O–H groups in total. The second-order valence-electron chi connectivity index (χ2n) is 7.83. The average molecular weight is 538 g/mol. The number of hydrogen-bond acceptors (Lipinski definition) is 9. The summed E-state index contributed by atoms with van der Waals surface area (Å²) in [7, 11) is 0. The predicted molar refractivity (Wildman–Crippen MR) is 142 cm³/mol.